The molecule has 19 heavy (non-hydrogen) atoms. The monoisotopic (exact) mass is 268 g/mol. The zero-order chi connectivity index (χ0) is 14.2. The fourth-order valence-corrected chi connectivity index (χ4v) is 2.90. The third-order valence-corrected chi connectivity index (χ3v) is 3.77. The summed E-state index contributed by atoms with van der Waals surface area (Å²) < 4.78 is 5.47. The van der Waals surface area contributed by atoms with Crippen LogP contribution < -0.4 is 0 Å². The van der Waals surface area contributed by atoms with E-state index in [0.29, 0.717) is 0 Å². The van der Waals surface area contributed by atoms with E-state index in [0.717, 1.165) is 32.4 Å². The molecule has 0 aromatic rings. The Bertz CT molecular complexity index is 375. The van der Waals surface area contributed by atoms with Gasteiger partial charge in [-0.15, -0.1) is 0 Å². The summed E-state index contributed by atoms with van der Waals surface area (Å²) in [5.41, 5.74) is -0.470. The average molecular weight is 268 g/mol. The highest BCUT2D eigenvalue weighted by Gasteiger charge is 2.43. The Morgan fingerprint density at radius 1 is 1.26 bits per heavy atom. The molecule has 108 valence electrons. The number of nitrogens with zero attached hydrogens (tertiary/aromatic N) is 2. The molecule has 0 aliphatic carbocycles. The van der Waals surface area contributed by atoms with Gasteiger partial charge in [0.25, 0.3) is 0 Å². The number of carbonyl (C=O) groups excluding carboxylic acids is 2. The molecule has 0 N–H and O–H groups in total. The van der Waals surface area contributed by atoms with Crippen molar-refractivity contribution >= 4 is 11.9 Å². The predicted molar refractivity (Wildman–Crippen MR) is 71.6 cm³/mol. The molecule has 1 amide bonds. The summed E-state index contributed by atoms with van der Waals surface area (Å²) in [6.07, 6.45) is 2.56. The lowest BCUT2D eigenvalue weighted by molar-refractivity contribution is -0.161. The molecule has 0 aromatic carbocycles. The van der Waals surface area contributed by atoms with E-state index >= 15 is 0 Å². The third kappa shape index (κ3) is 3.08. The van der Waals surface area contributed by atoms with E-state index in [1.54, 1.807) is 4.90 Å². The first kappa shape index (κ1) is 14.3. The van der Waals surface area contributed by atoms with Gasteiger partial charge < -0.3 is 9.64 Å². The Morgan fingerprint density at radius 2 is 1.95 bits per heavy atom. The minimum Gasteiger partial charge on any atom is -0.459 e. The van der Waals surface area contributed by atoms with Crippen molar-refractivity contribution in [1.82, 2.24) is 9.80 Å². The van der Waals surface area contributed by atoms with Crippen LogP contribution >= 0.6 is 0 Å². The number of rotatable bonds is 2. The molecular weight excluding hydrogens is 244 g/mol. The Balaban J connectivity index is 2.05. The van der Waals surface area contributed by atoms with Crippen molar-refractivity contribution in [3.8, 4) is 0 Å². The number of carbonyl (C=O) groups is 2. The van der Waals surface area contributed by atoms with Gasteiger partial charge in [-0.1, -0.05) is 0 Å². The normalized spacial score (nSPS) is 29.1. The molecule has 0 bridgehead atoms. The van der Waals surface area contributed by atoms with Gasteiger partial charge in [0.05, 0.1) is 6.04 Å². The van der Waals surface area contributed by atoms with E-state index in [2.05, 4.69) is 0 Å². The maximum absolute atomic E-state index is 12.2. The minimum absolute atomic E-state index is 0.134. The van der Waals surface area contributed by atoms with Crippen molar-refractivity contribution in [3.63, 3.8) is 0 Å². The zero-order valence-electron chi connectivity index (χ0n) is 12.3. The predicted octanol–water partition coefficient (Wildman–Crippen LogP) is 1.02. The Hall–Kier alpha value is -1.10. The first-order chi connectivity index (χ1) is 8.79. The topological polar surface area (TPSA) is 49.9 Å². The summed E-state index contributed by atoms with van der Waals surface area (Å²) >= 11 is 0. The Kier molecular flexibility index (Phi) is 3.85. The van der Waals surface area contributed by atoms with Crippen LogP contribution in [0.4, 0.5) is 0 Å². The molecular formula is C14H24N2O3. The van der Waals surface area contributed by atoms with Crippen LogP contribution in [-0.4, -0.2) is 59.5 Å². The fourth-order valence-electron chi connectivity index (χ4n) is 2.90. The van der Waals surface area contributed by atoms with Crippen LogP contribution in [0.3, 0.4) is 0 Å². The number of esters is 1. The molecule has 2 aliphatic heterocycles. The standard InChI is InChI=1S/C14H24N2O3/c1-14(2,3)19-13(18)11-6-5-8-16(11)10-7-9-15(4)12(10)17/h10-11H,5-9H2,1-4H3/t10?,11-/m0/s1. The van der Waals surface area contributed by atoms with Crippen molar-refractivity contribution in [1.29, 1.82) is 0 Å². The van der Waals surface area contributed by atoms with Crippen LogP contribution in [0.1, 0.15) is 40.0 Å². The molecule has 2 fully saturated rings. The molecule has 0 radical (unpaired) electrons. The van der Waals surface area contributed by atoms with Gasteiger partial charge in [0.2, 0.25) is 5.91 Å². The van der Waals surface area contributed by atoms with Crippen molar-refractivity contribution in [2.45, 2.75) is 57.7 Å². The summed E-state index contributed by atoms with van der Waals surface area (Å²) in [5, 5.41) is 0. The largest absolute Gasteiger partial charge is 0.459 e. The number of likely N-dealkylation sites (N-methyl/N-ethyl adjacent to an activating group) is 1. The third-order valence-electron chi connectivity index (χ3n) is 3.77. The van der Waals surface area contributed by atoms with E-state index < -0.39 is 5.60 Å². The smallest absolute Gasteiger partial charge is 0.323 e. The number of likely N-dealkylation sites (tertiary alicyclic amines) is 2. The van der Waals surface area contributed by atoms with E-state index in [1.165, 1.54) is 0 Å². The van der Waals surface area contributed by atoms with Crippen molar-refractivity contribution in [2.75, 3.05) is 20.1 Å². The van der Waals surface area contributed by atoms with Crippen LogP contribution in [0.5, 0.6) is 0 Å². The molecule has 2 heterocycles. The van der Waals surface area contributed by atoms with Gasteiger partial charge in [-0.2, -0.15) is 0 Å². The summed E-state index contributed by atoms with van der Waals surface area (Å²) in [7, 11) is 1.82. The first-order valence-electron chi connectivity index (χ1n) is 7.03. The minimum atomic E-state index is -0.470. The Morgan fingerprint density at radius 3 is 2.47 bits per heavy atom. The molecule has 2 atom stereocenters. The van der Waals surface area contributed by atoms with Crippen LogP contribution in [0.15, 0.2) is 0 Å². The number of hydrogen-bond donors (Lipinski definition) is 0. The highest BCUT2D eigenvalue weighted by Crippen LogP contribution is 2.27. The van der Waals surface area contributed by atoms with Gasteiger partial charge in [0.1, 0.15) is 11.6 Å². The maximum atomic E-state index is 12.2. The second-order valence-corrected chi connectivity index (χ2v) is 6.49. The van der Waals surface area contributed by atoms with E-state index in [1.807, 2.05) is 32.7 Å². The lowest BCUT2D eigenvalue weighted by Crippen LogP contribution is -2.48. The highest BCUT2D eigenvalue weighted by atomic mass is 16.6. The van der Waals surface area contributed by atoms with Gasteiger partial charge in [-0.3, -0.25) is 14.5 Å². The van der Waals surface area contributed by atoms with Gasteiger partial charge in [0.15, 0.2) is 0 Å². The Labute approximate surface area is 114 Å². The quantitative estimate of drug-likeness (QED) is 0.702. The molecule has 2 saturated heterocycles. The highest BCUT2D eigenvalue weighted by molar-refractivity contribution is 5.85. The molecule has 5 heteroatoms. The molecule has 1 unspecified atom stereocenters. The summed E-state index contributed by atoms with van der Waals surface area (Å²) in [5.74, 6) is -0.0530. The zero-order valence-corrected chi connectivity index (χ0v) is 12.3. The summed E-state index contributed by atoms with van der Waals surface area (Å²) in [6, 6.07) is -0.385. The second-order valence-electron chi connectivity index (χ2n) is 6.49. The van der Waals surface area contributed by atoms with Crippen LogP contribution in [-0.2, 0) is 14.3 Å². The lowest BCUT2D eigenvalue weighted by Gasteiger charge is -2.30. The molecule has 2 rings (SSSR count). The summed E-state index contributed by atoms with van der Waals surface area (Å²) in [4.78, 5) is 28.1. The first-order valence-corrected chi connectivity index (χ1v) is 7.03. The average Bonchev–Trinajstić information content (AvgIpc) is 2.85. The van der Waals surface area contributed by atoms with Gasteiger partial charge in [0, 0.05) is 13.6 Å². The van der Waals surface area contributed by atoms with Crippen molar-refractivity contribution in [3.05, 3.63) is 0 Å². The summed E-state index contributed by atoms with van der Waals surface area (Å²) in [6.45, 7) is 7.21. The number of ether oxygens (including phenoxy) is 1. The second kappa shape index (κ2) is 5.12. The SMILES string of the molecule is CN1CCC(N2CCC[C@H]2C(=O)OC(C)(C)C)C1=O. The molecule has 0 saturated carbocycles. The molecule has 5 nitrogen and oxygen atoms in total. The van der Waals surface area contributed by atoms with E-state index in [-0.39, 0.29) is 24.0 Å². The van der Waals surface area contributed by atoms with Gasteiger partial charge in [-0.25, -0.2) is 0 Å². The lowest BCUT2D eigenvalue weighted by atomic mass is 10.1. The van der Waals surface area contributed by atoms with Gasteiger partial charge >= 0.3 is 5.97 Å². The van der Waals surface area contributed by atoms with Gasteiger partial charge in [-0.05, 0) is 46.6 Å². The fraction of sp³-hybridized carbons (Fsp3) is 0.857. The molecule has 2 aliphatic rings. The van der Waals surface area contributed by atoms with Crippen molar-refractivity contribution < 1.29 is 14.3 Å². The van der Waals surface area contributed by atoms with Crippen molar-refractivity contribution in [2.24, 2.45) is 0 Å². The molecule has 0 spiro atoms. The number of amides is 1. The van der Waals surface area contributed by atoms with E-state index in [4.69, 9.17) is 4.74 Å². The molecule has 0 aromatic heterocycles. The maximum Gasteiger partial charge on any atom is 0.323 e. The number of hydrogen-bond acceptors (Lipinski definition) is 4. The van der Waals surface area contributed by atoms with E-state index in [9.17, 15) is 9.59 Å². The van der Waals surface area contributed by atoms with Crippen LogP contribution in [0.2, 0.25) is 0 Å². The van der Waals surface area contributed by atoms with Crippen LogP contribution in [0, 0.1) is 0 Å². The van der Waals surface area contributed by atoms with Crippen LogP contribution in [0.25, 0.3) is 0 Å².